The summed E-state index contributed by atoms with van der Waals surface area (Å²) < 4.78 is 0. The normalized spacial score (nSPS) is 11.1. The summed E-state index contributed by atoms with van der Waals surface area (Å²) in [4.78, 5) is 17.9. The first-order chi connectivity index (χ1) is 6.59. The van der Waals surface area contributed by atoms with Crippen LogP contribution in [-0.2, 0) is 9.63 Å². The first-order valence-corrected chi connectivity index (χ1v) is 5.22. The average Bonchev–Trinajstić information content (AvgIpc) is 2.51. The van der Waals surface area contributed by atoms with E-state index in [0.29, 0.717) is 0 Å². The zero-order valence-corrected chi connectivity index (χ0v) is 9.30. The third-order valence-corrected chi connectivity index (χ3v) is 2.49. The van der Waals surface area contributed by atoms with Crippen LogP contribution in [0, 0.1) is 12.8 Å². The van der Waals surface area contributed by atoms with Crippen LogP contribution in [-0.4, -0.2) is 12.2 Å². The van der Waals surface area contributed by atoms with E-state index in [1.54, 1.807) is 31.4 Å². The van der Waals surface area contributed by atoms with Crippen LogP contribution in [0.1, 0.15) is 23.6 Å². The number of hydrogen-bond donors (Lipinski definition) is 0. The quantitative estimate of drug-likeness (QED) is 0.438. The molecule has 0 atom stereocenters. The summed E-state index contributed by atoms with van der Waals surface area (Å²) in [6.45, 7) is 5.56. The maximum Gasteiger partial charge on any atom is 0.337 e. The van der Waals surface area contributed by atoms with E-state index in [0.717, 1.165) is 4.88 Å². The number of carbonyl (C=O) groups is 1. The van der Waals surface area contributed by atoms with Gasteiger partial charge in [0.1, 0.15) is 0 Å². The van der Waals surface area contributed by atoms with E-state index in [1.165, 1.54) is 4.88 Å². The van der Waals surface area contributed by atoms with Gasteiger partial charge in [-0.15, -0.1) is 11.3 Å². The number of thiophene rings is 1. The number of oxime groups is 1. The van der Waals surface area contributed by atoms with Crippen molar-refractivity contribution in [3.8, 4) is 0 Å². The summed E-state index contributed by atoms with van der Waals surface area (Å²) in [7, 11) is 0. The van der Waals surface area contributed by atoms with Crippen LogP contribution in [0.3, 0.4) is 0 Å². The van der Waals surface area contributed by atoms with Gasteiger partial charge in [-0.1, -0.05) is 19.0 Å². The predicted molar refractivity (Wildman–Crippen MR) is 57.6 cm³/mol. The third kappa shape index (κ3) is 3.30. The van der Waals surface area contributed by atoms with Crippen molar-refractivity contribution in [2.45, 2.75) is 20.8 Å². The molecule has 0 radical (unpaired) electrons. The Kier molecular flexibility index (Phi) is 3.83. The fraction of sp³-hybridized carbons (Fsp3) is 0.400. The fourth-order valence-corrected chi connectivity index (χ4v) is 1.50. The second-order valence-corrected chi connectivity index (χ2v) is 4.57. The average molecular weight is 211 g/mol. The molecular weight excluding hydrogens is 198 g/mol. The Morgan fingerprint density at radius 3 is 2.79 bits per heavy atom. The molecule has 0 aromatic carbocycles. The molecule has 3 nitrogen and oxygen atoms in total. The van der Waals surface area contributed by atoms with Crippen LogP contribution in [0.5, 0.6) is 0 Å². The molecular formula is C10H13NO2S. The zero-order valence-electron chi connectivity index (χ0n) is 8.48. The molecule has 0 aliphatic carbocycles. The first-order valence-electron chi connectivity index (χ1n) is 4.40. The van der Waals surface area contributed by atoms with Crippen LogP contribution in [0.2, 0.25) is 0 Å². The Morgan fingerprint density at radius 1 is 1.57 bits per heavy atom. The standard InChI is InChI=1S/C10H13NO2S/c1-7(2)10(12)13-11-6-9-5-4-8(3)14-9/h4-7H,1-3H3/b11-6+. The Bertz CT molecular complexity index is 342. The van der Waals surface area contributed by atoms with Crippen molar-refractivity contribution in [3.05, 3.63) is 21.9 Å². The monoisotopic (exact) mass is 211 g/mol. The van der Waals surface area contributed by atoms with Gasteiger partial charge in [0.25, 0.3) is 0 Å². The van der Waals surface area contributed by atoms with Gasteiger partial charge in [-0.25, -0.2) is 4.79 Å². The van der Waals surface area contributed by atoms with Crippen molar-refractivity contribution in [2.24, 2.45) is 11.1 Å². The van der Waals surface area contributed by atoms with E-state index < -0.39 is 0 Å². The van der Waals surface area contributed by atoms with Crippen molar-refractivity contribution < 1.29 is 9.63 Å². The summed E-state index contributed by atoms with van der Waals surface area (Å²) >= 11 is 1.61. The second kappa shape index (κ2) is 4.91. The minimum Gasteiger partial charge on any atom is -0.318 e. The second-order valence-electron chi connectivity index (χ2n) is 3.25. The minimum absolute atomic E-state index is 0.141. The van der Waals surface area contributed by atoms with Gasteiger partial charge in [-0.05, 0) is 19.1 Å². The lowest BCUT2D eigenvalue weighted by Gasteiger charge is -1.98. The molecule has 0 bridgehead atoms. The van der Waals surface area contributed by atoms with Crippen LogP contribution < -0.4 is 0 Å². The molecule has 14 heavy (non-hydrogen) atoms. The van der Waals surface area contributed by atoms with Crippen LogP contribution in [0.25, 0.3) is 0 Å². The van der Waals surface area contributed by atoms with E-state index in [9.17, 15) is 4.79 Å². The molecule has 1 aromatic heterocycles. The number of aryl methyl sites for hydroxylation is 1. The van der Waals surface area contributed by atoms with Gasteiger partial charge in [-0.2, -0.15) is 0 Å². The van der Waals surface area contributed by atoms with Crippen molar-refractivity contribution in [1.29, 1.82) is 0 Å². The molecule has 0 saturated heterocycles. The fourth-order valence-electron chi connectivity index (χ4n) is 0.758. The Labute approximate surface area is 87.4 Å². The number of hydrogen-bond acceptors (Lipinski definition) is 4. The lowest BCUT2D eigenvalue weighted by atomic mass is 10.2. The molecule has 4 heteroatoms. The largest absolute Gasteiger partial charge is 0.337 e. The summed E-state index contributed by atoms with van der Waals surface area (Å²) in [5.41, 5.74) is 0. The molecule has 0 aliphatic rings. The molecule has 1 rings (SSSR count). The van der Waals surface area contributed by atoms with Gasteiger partial charge >= 0.3 is 5.97 Å². The third-order valence-electron chi connectivity index (χ3n) is 1.56. The van der Waals surface area contributed by atoms with E-state index in [2.05, 4.69) is 9.99 Å². The smallest absolute Gasteiger partial charge is 0.318 e. The maximum atomic E-state index is 11.0. The molecule has 0 saturated carbocycles. The number of nitrogens with zero attached hydrogens (tertiary/aromatic N) is 1. The van der Waals surface area contributed by atoms with Crippen LogP contribution in [0.15, 0.2) is 17.3 Å². The lowest BCUT2D eigenvalue weighted by molar-refractivity contribution is -0.147. The molecule has 0 amide bonds. The van der Waals surface area contributed by atoms with E-state index in [1.807, 2.05) is 19.1 Å². The van der Waals surface area contributed by atoms with E-state index >= 15 is 0 Å². The number of rotatable bonds is 3. The zero-order chi connectivity index (χ0) is 10.6. The Morgan fingerprint density at radius 2 is 2.29 bits per heavy atom. The predicted octanol–water partition coefficient (Wildman–Crippen LogP) is 2.59. The molecule has 0 fully saturated rings. The van der Waals surface area contributed by atoms with Crippen molar-refractivity contribution >= 4 is 23.5 Å². The summed E-state index contributed by atoms with van der Waals surface area (Å²) in [6.07, 6.45) is 1.55. The van der Waals surface area contributed by atoms with Gasteiger partial charge in [0.15, 0.2) is 0 Å². The van der Waals surface area contributed by atoms with Gasteiger partial charge in [-0.3, -0.25) is 0 Å². The van der Waals surface area contributed by atoms with E-state index in [-0.39, 0.29) is 11.9 Å². The molecule has 76 valence electrons. The first kappa shape index (κ1) is 10.9. The van der Waals surface area contributed by atoms with Crippen LogP contribution in [0.4, 0.5) is 0 Å². The SMILES string of the molecule is Cc1ccc(/C=N/OC(=O)C(C)C)s1. The van der Waals surface area contributed by atoms with Crippen LogP contribution >= 0.6 is 11.3 Å². The number of carbonyl (C=O) groups excluding carboxylic acids is 1. The molecule has 0 spiro atoms. The molecule has 0 N–H and O–H groups in total. The van der Waals surface area contributed by atoms with Gasteiger partial charge < -0.3 is 4.84 Å². The topological polar surface area (TPSA) is 38.7 Å². The maximum absolute atomic E-state index is 11.0. The summed E-state index contributed by atoms with van der Waals surface area (Å²) in [6, 6.07) is 3.93. The molecule has 0 unspecified atom stereocenters. The Hall–Kier alpha value is -1.16. The van der Waals surface area contributed by atoms with Gasteiger partial charge in [0.05, 0.1) is 12.1 Å². The van der Waals surface area contributed by atoms with Crippen molar-refractivity contribution in [2.75, 3.05) is 0 Å². The lowest BCUT2D eigenvalue weighted by Crippen LogP contribution is -2.07. The van der Waals surface area contributed by atoms with Gasteiger partial charge in [0.2, 0.25) is 0 Å². The highest BCUT2D eigenvalue weighted by Crippen LogP contribution is 2.12. The highest BCUT2D eigenvalue weighted by Gasteiger charge is 2.06. The highest BCUT2D eigenvalue weighted by molar-refractivity contribution is 7.13. The van der Waals surface area contributed by atoms with Gasteiger partial charge in [0, 0.05) is 9.75 Å². The van der Waals surface area contributed by atoms with Crippen molar-refractivity contribution in [3.63, 3.8) is 0 Å². The molecule has 1 aromatic rings. The molecule has 0 aliphatic heterocycles. The Balaban J connectivity index is 2.45. The summed E-state index contributed by atoms with van der Waals surface area (Å²) in [5, 5.41) is 3.61. The van der Waals surface area contributed by atoms with Crippen molar-refractivity contribution in [1.82, 2.24) is 0 Å². The molecule has 1 heterocycles. The highest BCUT2D eigenvalue weighted by atomic mass is 32.1. The van der Waals surface area contributed by atoms with E-state index in [4.69, 9.17) is 0 Å². The summed E-state index contributed by atoms with van der Waals surface area (Å²) in [5.74, 6) is -0.452. The minimum atomic E-state index is -0.311.